The van der Waals surface area contributed by atoms with Crippen LogP contribution in [-0.4, -0.2) is 27.0 Å². The van der Waals surface area contributed by atoms with E-state index in [1.165, 1.54) is 5.56 Å². The predicted molar refractivity (Wildman–Crippen MR) is 81.2 cm³/mol. The summed E-state index contributed by atoms with van der Waals surface area (Å²) < 4.78 is 24.1. The summed E-state index contributed by atoms with van der Waals surface area (Å²) in [5.41, 5.74) is 2.22. The highest BCUT2D eigenvalue weighted by Gasteiger charge is 2.19. The summed E-state index contributed by atoms with van der Waals surface area (Å²) in [5, 5.41) is 3.11. The molecule has 1 aromatic carbocycles. The van der Waals surface area contributed by atoms with Crippen LogP contribution in [0.4, 0.5) is 0 Å². The number of nitrogens with one attached hydrogen (secondary N) is 1. The molecule has 108 valence electrons. The molecule has 0 radical (unpaired) electrons. The zero-order valence-corrected chi connectivity index (χ0v) is 13.0. The smallest absolute Gasteiger partial charge is 0.152 e. The second-order valence-corrected chi connectivity index (χ2v) is 7.30. The predicted octanol–water partition coefficient (Wildman–Crippen LogP) is 2.86. The van der Waals surface area contributed by atoms with Crippen molar-refractivity contribution in [3.63, 3.8) is 0 Å². The molecule has 0 aliphatic rings. The number of unbranched alkanes of at least 4 members (excludes halogenated alkanes) is 2. The van der Waals surface area contributed by atoms with Gasteiger partial charge in [-0.05, 0) is 26.0 Å². The molecule has 1 unspecified atom stereocenters. The van der Waals surface area contributed by atoms with Crippen molar-refractivity contribution >= 4 is 9.84 Å². The van der Waals surface area contributed by atoms with E-state index in [1.807, 2.05) is 38.2 Å². The molecule has 19 heavy (non-hydrogen) atoms. The Balaban J connectivity index is 2.68. The van der Waals surface area contributed by atoms with Crippen LogP contribution in [0.15, 0.2) is 24.3 Å². The Bertz CT molecular complexity index is 465. The van der Waals surface area contributed by atoms with Gasteiger partial charge in [-0.3, -0.25) is 0 Å². The molecule has 0 bridgehead atoms. The summed E-state index contributed by atoms with van der Waals surface area (Å²) in [5.74, 6) is 0.473. The largest absolute Gasteiger partial charge is 0.312 e. The molecular formula is C15H25NO2S. The van der Waals surface area contributed by atoms with Crippen LogP contribution in [0.3, 0.4) is 0 Å². The first kappa shape index (κ1) is 16.2. The quantitative estimate of drug-likeness (QED) is 0.746. The molecule has 0 saturated carbocycles. The SMILES string of the molecule is CCCCCS(=O)(=O)CC(NC)c1ccc(C)cc1. The van der Waals surface area contributed by atoms with E-state index >= 15 is 0 Å². The molecule has 1 rings (SSSR count). The van der Waals surface area contributed by atoms with E-state index in [1.54, 1.807) is 0 Å². The minimum absolute atomic E-state index is 0.118. The fourth-order valence-electron chi connectivity index (χ4n) is 2.05. The van der Waals surface area contributed by atoms with E-state index in [9.17, 15) is 8.42 Å². The number of rotatable bonds is 8. The second-order valence-electron chi connectivity index (χ2n) is 5.07. The molecule has 0 heterocycles. The van der Waals surface area contributed by atoms with Gasteiger partial charge in [0.25, 0.3) is 0 Å². The summed E-state index contributed by atoms with van der Waals surface area (Å²) in [6.07, 6.45) is 2.79. The third kappa shape index (κ3) is 5.74. The molecule has 0 aromatic heterocycles. The van der Waals surface area contributed by atoms with E-state index in [0.717, 1.165) is 24.8 Å². The molecular weight excluding hydrogens is 258 g/mol. The number of hydrogen-bond donors (Lipinski definition) is 1. The van der Waals surface area contributed by atoms with Gasteiger partial charge < -0.3 is 5.32 Å². The van der Waals surface area contributed by atoms with Gasteiger partial charge in [-0.25, -0.2) is 8.42 Å². The maximum absolute atomic E-state index is 12.1. The maximum Gasteiger partial charge on any atom is 0.152 e. The molecule has 1 atom stereocenters. The molecule has 0 amide bonds. The van der Waals surface area contributed by atoms with E-state index < -0.39 is 9.84 Å². The summed E-state index contributed by atoms with van der Waals surface area (Å²) in [6, 6.07) is 7.91. The van der Waals surface area contributed by atoms with Crippen molar-refractivity contribution in [3.8, 4) is 0 Å². The Kier molecular flexibility index (Phi) is 6.52. The lowest BCUT2D eigenvalue weighted by atomic mass is 10.1. The van der Waals surface area contributed by atoms with Gasteiger partial charge in [0.05, 0.1) is 11.5 Å². The molecule has 0 saturated heterocycles. The number of sulfone groups is 1. The highest BCUT2D eigenvalue weighted by molar-refractivity contribution is 7.91. The van der Waals surface area contributed by atoms with Gasteiger partial charge >= 0.3 is 0 Å². The van der Waals surface area contributed by atoms with Crippen molar-refractivity contribution in [2.24, 2.45) is 0 Å². The number of benzene rings is 1. The van der Waals surface area contributed by atoms with E-state index in [4.69, 9.17) is 0 Å². The summed E-state index contributed by atoms with van der Waals surface area (Å²) >= 11 is 0. The first-order chi connectivity index (χ1) is 8.98. The fraction of sp³-hybridized carbons (Fsp3) is 0.600. The molecule has 0 aliphatic carbocycles. The third-order valence-electron chi connectivity index (χ3n) is 3.31. The van der Waals surface area contributed by atoms with Crippen LogP contribution in [0.5, 0.6) is 0 Å². The maximum atomic E-state index is 12.1. The van der Waals surface area contributed by atoms with Crippen LogP contribution in [0.2, 0.25) is 0 Å². The first-order valence-electron chi connectivity index (χ1n) is 6.92. The van der Waals surface area contributed by atoms with Crippen molar-refractivity contribution in [2.75, 3.05) is 18.6 Å². The minimum atomic E-state index is -2.99. The van der Waals surface area contributed by atoms with Gasteiger partial charge in [-0.1, -0.05) is 49.6 Å². The Morgan fingerprint density at radius 3 is 2.32 bits per heavy atom. The lowest BCUT2D eigenvalue weighted by Gasteiger charge is -2.17. The molecule has 0 aliphatic heterocycles. The van der Waals surface area contributed by atoms with Crippen molar-refractivity contribution in [2.45, 2.75) is 39.2 Å². The van der Waals surface area contributed by atoms with Crippen molar-refractivity contribution < 1.29 is 8.42 Å². The molecule has 1 aromatic rings. The monoisotopic (exact) mass is 283 g/mol. The Hall–Kier alpha value is -0.870. The van der Waals surface area contributed by atoms with Gasteiger partial charge in [-0.2, -0.15) is 0 Å². The Morgan fingerprint density at radius 1 is 1.16 bits per heavy atom. The Morgan fingerprint density at radius 2 is 1.79 bits per heavy atom. The molecule has 0 spiro atoms. The summed E-state index contributed by atoms with van der Waals surface area (Å²) in [6.45, 7) is 4.11. The third-order valence-corrected chi connectivity index (χ3v) is 5.06. The average Bonchev–Trinajstić information content (AvgIpc) is 2.37. The molecule has 1 N–H and O–H groups in total. The normalized spacial score (nSPS) is 13.4. The summed E-state index contributed by atoms with van der Waals surface area (Å²) in [4.78, 5) is 0. The van der Waals surface area contributed by atoms with Crippen LogP contribution in [0.1, 0.15) is 43.4 Å². The first-order valence-corrected chi connectivity index (χ1v) is 8.75. The van der Waals surface area contributed by atoms with Gasteiger partial charge in [-0.15, -0.1) is 0 Å². The lowest BCUT2D eigenvalue weighted by Crippen LogP contribution is -2.26. The summed E-state index contributed by atoms with van der Waals surface area (Å²) in [7, 11) is -1.17. The van der Waals surface area contributed by atoms with Crippen LogP contribution in [0.25, 0.3) is 0 Å². The Labute approximate surface area is 117 Å². The standard InChI is InChI=1S/C15H25NO2S/c1-4-5-6-11-19(17,18)12-15(16-3)14-9-7-13(2)8-10-14/h7-10,15-16H,4-6,11-12H2,1-3H3. The van der Waals surface area contributed by atoms with E-state index in [0.29, 0.717) is 5.75 Å². The van der Waals surface area contributed by atoms with Crippen LogP contribution >= 0.6 is 0 Å². The molecule has 0 fully saturated rings. The van der Waals surface area contributed by atoms with Gasteiger partial charge in [0.1, 0.15) is 0 Å². The number of hydrogen-bond acceptors (Lipinski definition) is 3. The zero-order valence-electron chi connectivity index (χ0n) is 12.1. The van der Waals surface area contributed by atoms with E-state index in [-0.39, 0.29) is 11.8 Å². The van der Waals surface area contributed by atoms with Gasteiger partial charge in [0.15, 0.2) is 9.84 Å². The average molecular weight is 283 g/mol. The van der Waals surface area contributed by atoms with Crippen molar-refractivity contribution in [3.05, 3.63) is 35.4 Å². The highest BCUT2D eigenvalue weighted by Crippen LogP contribution is 2.16. The van der Waals surface area contributed by atoms with E-state index in [2.05, 4.69) is 12.2 Å². The van der Waals surface area contributed by atoms with Crippen LogP contribution in [-0.2, 0) is 9.84 Å². The molecule has 3 nitrogen and oxygen atoms in total. The van der Waals surface area contributed by atoms with Gasteiger partial charge in [0.2, 0.25) is 0 Å². The second kappa shape index (κ2) is 7.65. The van der Waals surface area contributed by atoms with Gasteiger partial charge in [0, 0.05) is 6.04 Å². The minimum Gasteiger partial charge on any atom is -0.312 e. The fourth-order valence-corrected chi connectivity index (χ4v) is 3.73. The van der Waals surface area contributed by atoms with Crippen molar-refractivity contribution in [1.82, 2.24) is 5.32 Å². The van der Waals surface area contributed by atoms with Crippen LogP contribution < -0.4 is 5.32 Å². The topological polar surface area (TPSA) is 46.2 Å². The zero-order chi connectivity index (χ0) is 14.3. The van der Waals surface area contributed by atoms with Crippen LogP contribution in [0, 0.1) is 6.92 Å². The van der Waals surface area contributed by atoms with Crippen molar-refractivity contribution in [1.29, 1.82) is 0 Å². The highest BCUT2D eigenvalue weighted by atomic mass is 32.2. The molecule has 4 heteroatoms. The lowest BCUT2D eigenvalue weighted by molar-refractivity contribution is 0.570. The number of aryl methyl sites for hydroxylation is 1.